The van der Waals surface area contributed by atoms with Gasteiger partial charge in [-0.1, -0.05) is 19.9 Å². The van der Waals surface area contributed by atoms with Gasteiger partial charge in [-0.15, -0.1) is 0 Å². The summed E-state index contributed by atoms with van der Waals surface area (Å²) in [6.07, 6.45) is 2.21. The third-order valence-corrected chi connectivity index (χ3v) is 1.60. The Morgan fingerprint density at radius 1 is 1.17 bits per heavy atom. The lowest BCUT2D eigenvalue weighted by Crippen LogP contribution is -1.94. The Morgan fingerprint density at radius 2 is 1.67 bits per heavy atom. The maximum absolute atomic E-state index is 5.29. The number of hydrogen-bond donors (Lipinski definition) is 0. The molecule has 0 heterocycles. The lowest BCUT2D eigenvalue weighted by molar-refractivity contribution is 0.296. The summed E-state index contributed by atoms with van der Waals surface area (Å²) >= 11 is 0. The van der Waals surface area contributed by atoms with Gasteiger partial charge in [0, 0.05) is 0 Å². The van der Waals surface area contributed by atoms with Crippen LogP contribution in [0.3, 0.4) is 0 Å². The monoisotopic (exact) mass is 168 g/mol. The fraction of sp³-hybridized carbons (Fsp3) is 0.636. The van der Waals surface area contributed by atoms with Crippen LogP contribution in [0.2, 0.25) is 0 Å². The van der Waals surface area contributed by atoms with Gasteiger partial charge in [-0.05, 0) is 37.8 Å². The summed E-state index contributed by atoms with van der Waals surface area (Å²) < 4.78 is 5.29. The molecule has 0 fully saturated rings. The van der Waals surface area contributed by atoms with E-state index in [4.69, 9.17) is 4.74 Å². The molecule has 0 saturated heterocycles. The van der Waals surface area contributed by atoms with E-state index in [1.165, 1.54) is 11.1 Å². The fourth-order valence-corrected chi connectivity index (χ4v) is 1.34. The molecule has 0 saturated carbocycles. The number of hydrogen-bond acceptors (Lipinski definition) is 1. The SMILES string of the molecule is COC(=C(C)C)/C(C)=C/C(C)C. The first-order chi connectivity index (χ1) is 5.49. The molecule has 0 aromatic carbocycles. The molecule has 1 nitrogen and oxygen atoms in total. The van der Waals surface area contributed by atoms with Gasteiger partial charge in [-0.25, -0.2) is 0 Å². The van der Waals surface area contributed by atoms with E-state index >= 15 is 0 Å². The Hall–Kier alpha value is -0.720. The third kappa shape index (κ3) is 3.61. The van der Waals surface area contributed by atoms with E-state index < -0.39 is 0 Å². The first-order valence-corrected chi connectivity index (χ1v) is 4.39. The number of ether oxygens (including phenoxy) is 1. The van der Waals surface area contributed by atoms with Crippen LogP contribution in [-0.4, -0.2) is 7.11 Å². The minimum atomic E-state index is 0.578. The van der Waals surface area contributed by atoms with Gasteiger partial charge in [0.15, 0.2) is 0 Å². The summed E-state index contributed by atoms with van der Waals surface area (Å²) in [5.41, 5.74) is 2.46. The average molecular weight is 168 g/mol. The second-order valence-corrected chi connectivity index (χ2v) is 3.63. The molecule has 0 bridgehead atoms. The molecule has 0 amide bonds. The van der Waals surface area contributed by atoms with E-state index in [-0.39, 0.29) is 0 Å². The number of rotatable bonds is 3. The van der Waals surface area contributed by atoms with E-state index in [9.17, 15) is 0 Å². The van der Waals surface area contributed by atoms with Crippen LogP contribution in [0.1, 0.15) is 34.6 Å². The van der Waals surface area contributed by atoms with E-state index in [0.717, 1.165) is 5.76 Å². The first-order valence-electron chi connectivity index (χ1n) is 4.39. The van der Waals surface area contributed by atoms with Crippen LogP contribution in [0.15, 0.2) is 23.0 Å². The topological polar surface area (TPSA) is 9.23 Å². The molecule has 12 heavy (non-hydrogen) atoms. The van der Waals surface area contributed by atoms with Crippen LogP contribution in [-0.2, 0) is 4.74 Å². The Labute approximate surface area is 76.1 Å². The molecule has 0 aromatic heterocycles. The zero-order valence-electron chi connectivity index (χ0n) is 9.06. The zero-order chi connectivity index (χ0) is 9.72. The van der Waals surface area contributed by atoms with Crippen LogP contribution in [0.25, 0.3) is 0 Å². The van der Waals surface area contributed by atoms with Crippen molar-refractivity contribution in [1.82, 2.24) is 0 Å². The lowest BCUT2D eigenvalue weighted by Gasteiger charge is -2.09. The number of methoxy groups -OCH3 is 1. The van der Waals surface area contributed by atoms with Crippen molar-refractivity contribution in [3.8, 4) is 0 Å². The zero-order valence-corrected chi connectivity index (χ0v) is 9.06. The second kappa shape index (κ2) is 5.02. The molecule has 0 aromatic rings. The highest BCUT2D eigenvalue weighted by Gasteiger charge is 2.01. The van der Waals surface area contributed by atoms with Crippen molar-refractivity contribution < 1.29 is 4.74 Å². The van der Waals surface area contributed by atoms with E-state index in [2.05, 4.69) is 40.7 Å². The predicted molar refractivity (Wildman–Crippen MR) is 54.0 cm³/mol. The van der Waals surface area contributed by atoms with Crippen molar-refractivity contribution in [2.75, 3.05) is 7.11 Å². The summed E-state index contributed by atoms with van der Waals surface area (Å²) in [6.45, 7) is 10.6. The maximum Gasteiger partial charge on any atom is 0.120 e. The molecule has 0 radical (unpaired) electrons. The lowest BCUT2D eigenvalue weighted by atomic mass is 10.1. The van der Waals surface area contributed by atoms with E-state index in [1.807, 2.05) is 0 Å². The molecule has 0 aliphatic carbocycles. The highest BCUT2D eigenvalue weighted by molar-refractivity contribution is 5.27. The molecule has 0 N–H and O–H groups in total. The van der Waals surface area contributed by atoms with Gasteiger partial charge in [0.25, 0.3) is 0 Å². The van der Waals surface area contributed by atoms with Crippen LogP contribution >= 0.6 is 0 Å². The average Bonchev–Trinajstić information content (AvgIpc) is 1.85. The van der Waals surface area contributed by atoms with Crippen molar-refractivity contribution in [1.29, 1.82) is 0 Å². The summed E-state index contributed by atoms with van der Waals surface area (Å²) in [6, 6.07) is 0. The van der Waals surface area contributed by atoms with E-state index in [1.54, 1.807) is 7.11 Å². The quantitative estimate of drug-likeness (QED) is 0.462. The van der Waals surface area contributed by atoms with Crippen molar-refractivity contribution in [3.05, 3.63) is 23.0 Å². The summed E-state index contributed by atoms with van der Waals surface area (Å²) in [7, 11) is 1.72. The van der Waals surface area contributed by atoms with Gasteiger partial charge in [-0.2, -0.15) is 0 Å². The van der Waals surface area contributed by atoms with Crippen LogP contribution in [0.5, 0.6) is 0 Å². The van der Waals surface area contributed by atoms with Crippen molar-refractivity contribution >= 4 is 0 Å². The van der Waals surface area contributed by atoms with Crippen LogP contribution < -0.4 is 0 Å². The van der Waals surface area contributed by atoms with Crippen molar-refractivity contribution in [2.24, 2.45) is 5.92 Å². The Morgan fingerprint density at radius 3 is 1.92 bits per heavy atom. The standard InChI is InChI=1S/C11H20O/c1-8(2)7-10(5)11(12-6)9(3)4/h7-8H,1-6H3/b10-7+. The molecule has 0 aliphatic rings. The molecule has 0 spiro atoms. The molecule has 0 aliphatic heterocycles. The fourth-order valence-electron chi connectivity index (χ4n) is 1.34. The molecule has 70 valence electrons. The van der Waals surface area contributed by atoms with Gasteiger partial charge in [0.2, 0.25) is 0 Å². The first kappa shape index (κ1) is 11.3. The Balaban J connectivity index is 4.66. The minimum absolute atomic E-state index is 0.578. The normalized spacial score (nSPS) is 11.8. The van der Waals surface area contributed by atoms with Gasteiger partial charge < -0.3 is 4.74 Å². The maximum atomic E-state index is 5.29. The highest BCUT2D eigenvalue weighted by atomic mass is 16.5. The highest BCUT2D eigenvalue weighted by Crippen LogP contribution is 2.16. The molecule has 0 rings (SSSR count). The Bertz CT molecular complexity index is 193. The minimum Gasteiger partial charge on any atom is -0.497 e. The summed E-state index contributed by atoms with van der Waals surface area (Å²) in [4.78, 5) is 0. The van der Waals surface area contributed by atoms with E-state index in [0.29, 0.717) is 5.92 Å². The molecular weight excluding hydrogens is 148 g/mol. The number of allylic oxidation sites excluding steroid dienone is 3. The molecule has 0 atom stereocenters. The van der Waals surface area contributed by atoms with Crippen molar-refractivity contribution in [2.45, 2.75) is 34.6 Å². The summed E-state index contributed by atoms with van der Waals surface area (Å²) in [5.74, 6) is 1.60. The molecule has 1 heteroatoms. The molecular formula is C11H20O. The van der Waals surface area contributed by atoms with Gasteiger partial charge in [-0.3, -0.25) is 0 Å². The largest absolute Gasteiger partial charge is 0.497 e. The second-order valence-electron chi connectivity index (χ2n) is 3.63. The van der Waals surface area contributed by atoms with Gasteiger partial charge in [0.05, 0.1) is 7.11 Å². The third-order valence-electron chi connectivity index (χ3n) is 1.60. The van der Waals surface area contributed by atoms with Crippen LogP contribution in [0, 0.1) is 5.92 Å². The molecule has 0 unspecified atom stereocenters. The van der Waals surface area contributed by atoms with Crippen molar-refractivity contribution in [3.63, 3.8) is 0 Å². The summed E-state index contributed by atoms with van der Waals surface area (Å²) in [5, 5.41) is 0. The predicted octanol–water partition coefficient (Wildman–Crippen LogP) is 3.53. The van der Waals surface area contributed by atoms with Crippen LogP contribution in [0.4, 0.5) is 0 Å². The Kier molecular flexibility index (Phi) is 4.72. The van der Waals surface area contributed by atoms with Gasteiger partial charge >= 0.3 is 0 Å². The van der Waals surface area contributed by atoms with Gasteiger partial charge in [0.1, 0.15) is 5.76 Å². The smallest absolute Gasteiger partial charge is 0.120 e.